The smallest absolute Gasteiger partial charge is 0.407 e. The fraction of sp³-hybridized carbons (Fsp3) is 0.375. The van der Waals surface area contributed by atoms with Gasteiger partial charge in [0.1, 0.15) is 5.60 Å². The zero-order chi connectivity index (χ0) is 15.9. The average molecular weight is 291 g/mol. The van der Waals surface area contributed by atoms with E-state index in [1.54, 1.807) is 26.8 Å². The zero-order valence-corrected chi connectivity index (χ0v) is 12.8. The minimum absolute atomic E-state index is 0.0382. The van der Waals surface area contributed by atoms with Crippen molar-refractivity contribution in [2.75, 3.05) is 13.7 Å². The number of carbonyl (C=O) groups excluding carboxylic acids is 2. The van der Waals surface area contributed by atoms with Gasteiger partial charge >= 0.3 is 12.1 Å². The maximum atomic E-state index is 11.7. The molecule has 21 heavy (non-hydrogen) atoms. The van der Waals surface area contributed by atoms with E-state index in [0.717, 1.165) is 5.56 Å². The van der Waals surface area contributed by atoms with Crippen molar-refractivity contribution >= 4 is 18.1 Å². The summed E-state index contributed by atoms with van der Waals surface area (Å²) in [5, 5.41) is 2.54. The van der Waals surface area contributed by atoms with Crippen molar-refractivity contribution < 1.29 is 19.1 Å². The van der Waals surface area contributed by atoms with E-state index in [1.807, 2.05) is 30.3 Å². The summed E-state index contributed by atoms with van der Waals surface area (Å²) in [4.78, 5) is 23.3. The lowest BCUT2D eigenvalue weighted by Crippen LogP contribution is -2.34. The highest BCUT2D eigenvalue weighted by molar-refractivity contribution is 5.94. The second-order valence-corrected chi connectivity index (χ2v) is 5.43. The Labute approximate surface area is 124 Å². The molecule has 0 atom stereocenters. The van der Waals surface area contributed by atoms with Crippen LogP contribution in [-0.2, 0) is 14.3 Å². The van der Waals surface area contributed by atoms with E-state index >= 15 is 0 Å². The van der Waals surface area contributed by atoms with Gasteiger partial charge in [-0.2, -0.15) is 0 Å². The largest absolute Gasteiger partial charge is 0.466 e. The van der Waals surface area contributed by atoms with E-state index in [2.05, 4.69) is 5.32 Å². The Balaban J connectivity index is 2.75. The predicted octanol–water partition coefficient (Wildman–Crippen LogP) is 2.77. The molecule has 0 heterocycles. The lowest BCUT2D eigenvalue weighted by molar-refractivity contribution is -0.136. The topological polar surface area (TPSA) is 64.6 Å². The van der Waals surface area contributed by atoms with Gasteiger partial charge in [0.2, 0.25) is 0 Å². The molecule has 1 rings (SSSR count). The third-order valence-electron chi connectivity index (χ3n) is 2.41. The molecule has 1 aromatic rings. The molecule has 0 unspecified atom stereocenters. The molecule has 0 bridgehead atoms. The molecule has 1 amide bonds. The first-order valence-electron chi connectivity index (χ1n) is 6.62. The number of methoxy groups -OCH3 is 1. The molecular formula is C16H21NO4. The summed E-state index contributed by atoms with van der Waals surface area (Å²) in [5.74, 6) is -0.491. The third-order valence-corrected chi connectivity index (χ3v) is 2.41. The minimum atomic E-state index is -0.585. The van der Waals surface area contributed by atoms with Crippen molar-refractivity contribution in [1.29, 1.82) is 0 Å². The predicted molar refractivity (Wildman–Crippen MR) is 80.7 cm³/mol. The van der Waals surface area contributed by atoms with Crippen LogP contribution in [0.4, 0.5) is 4.79 Å². The molecular weight excluding hydrogens is 270 g/mol. The minimum Gasteiger partial charge on any atom is -0.466 e. The number of esters is 1. The Morgan fingerprint density at radius 2 is 1.81 bits per heavy atom. The van der Waals surface area contributed by atoms with Crippen LogP contribution in [0, 0.1) is 0 Å². The van der Waals surface area contributed by atoms with Gasteiger partial charge in [0.05, 0.1) is 19.2 Å². The van der Waals surface area contributed by atoms with Crippen LogP contribution < -0.4 is 5.32 Å². The number of benzene rings is 1. The van der Waals surface area contributed by atoms with Crippen LogP contribution in [-0.4, -0.2) is 31.3 Å². The first kappa shape index (κ1) is 16.8. The second-order valence-electron chi connectivity index (χ2n) is 5.43. The van der Waals surface area contributed by atoms with Gasteiger partial charge in [-0.25, -0.2) is 9.59 Å². The monoisotopic (exact) mass is 291 g/mol. The van der Waals surface area contributed by atoms with Gasteiger partial charge in [-0.3, -0.25) is 0 Å². The molecule has 0 spiro atoms. The average Bonchev–Trinajstić information content (AvgIpc) is 2.41. The van der Waals surface area contributed by atoms with E-state index in [9.17, 15) is 9.59 Å². The maximum Gasteiger partial charge on any atom is 0.407 e. The summed E-state index contributed by atoms with van der Waals surface area (Å²) in [7, 11) is 1.30. The van der Waals surface area contributed by atoms with E-state index in [-0.39, 0.29) is 6.54 Å². The first-order chi connectivity index (χ1) is 9.81. The lowest BCUT2D eigenvalue weighted by Gasteiger charge is -2.19. The molecule has 114 valence electrons. The molecule has 0 saturated heterocycles. The highest BCUT2D eigenvalue weighted by Gasteiger charge is 2.17. The summed E-state index contributed by atoms with van der Waals surface area (Å²) in [6, 6.07) is 9.32. The van der Waals surface area contributed by atoms with Crippen molar-refractivity contribution in [2.24, 2.45) is 0 Å². The van der Waals surface area contributed by atoms with Crippen molar-refractivity contribution in [3.05, 3.63) is 41.5 Å². The fourth-order valence-corrected chi connectivity index (χ4v) is 1.55. The summed E-state index contributed by atoms with van der Waals surface area (Å²) in [5.41, 5.74) is 0.608. The highest BCUT2D eigenvalue weighted by Crippen LogP contribution is 2.09. The number of hydrogen-bond donors (Lipinski definition) is 1. The van der Waals surface area contributed by atoms with Gasteiger partial charge in [0.25, 0.3) is 0 Å². The molecule has 0 aliphatic carbocycles. The molecule has 1 aromatic carbocycles. The van der Waals surface area contributed by atoms with Crippen LogP contribution in [0.3, 0.4) is 0 Å². The highest BCUT2D eigenvalue weighted by atomic mass is 16.6. The van der Waals surface area contributed by atoms with E-state index < -0.39 is 17.7 Å². The van der Waals surface area contributed by atoms with Gasteiger partial charge in [0.15, 0.2) is 0 Å². The molecule has 0 aliphatic heterocycles. The lowest BCUT2D eigenvalue weighted by atomic mass is 10.1. The zero-order valence-electron chi connectivity index (χ0n) is 12.8. The molecule has 0 saturated carbocycles. The van der Waals surface area contributed by atoms with Crippen LogP contribution in [0.25, 0.3) is 6.08 Å². The molecule has 5 nitrogen and oxygen atoms in total. The van der Waals surface area contributed by atoms with Crippen LogP contribution in [0.1, 0.15) is 26.3 Å². The summed E-state index contributed by atoms with van der Waals surface area (Å²) < 4.78 is 9.84. The van der Waals surface area contributed by atoms with Crippen molar-refractivity contribution in [3.63, 3.8) is 0 Å². The Kier molecular flexibility index (Phi) is 5.96. The van der Waals surface area contributed by atoms with Gasteiger partial charge in [-0.05, 0) is 32.4 Å². The molecule has 0 aliphatic rings. The second kappa shape index (κ2) is 7.47. The van der Waals surface area contributed by atoms with Gasteiger partial charge in [0, 0.05) is 0 Å². The number of amides is 1. The normalized spacial score (nSPS) is 11.7. The summed E-state index contributed by atoms with van der Waals surface area (Å²) in [6.07, 6.45) is 1.09. The number of alkyl carbamates (subject to hydrolysis) is 1. The first-order valence-corrected chi connectivity index (χ1v) is 6.62. The van der Waals surface area contributed by atoms with Crippen LogP contribution in [0.15, 0.2) is 35.9 Å². The molecule has 0 fully saturated rings. The van der Waals surface area contributed by atoms with Crippen molar-refractivity contribution in [3.8, 4) is 0 Å². The Bertz CT molecular complexity index is 515. The van der Waals surface area contributed by atoms with Crippen molar-refractivity contribution in [1.82, 2.24) is 5.32 Å². The van der Waals surface area contributed by atoms with Gasteiger partial charge in [-0.1, -0.05) is 30.3 Å². The van der Waals surface area contributed by atoms with E-state index in [1.165, 1.54) is 7.11 Å². The standard InChI is InChI=1S/C16H21NO4/c1-16(2,3)21-15(19)17-11-13(14(18)20-4)10-12-8-6-5-7-9-12/h5-10H,11H2,1-4H3,(H,17,19)/b13-10-. The Hall–Kier alpha value is -2.30. The van der Waals surface area contributed by atoms with E-state index in [4.69, 9.17) is 9.47 Å². The van der Waals surface area contributed by atoms with Crippen molar-refractivity contribution in [2.45, 2.75) is 26.4 Å². The van der Waals surface area contributed by atoms with Crippen LogP contribution in [0.5, 0.6) is 0 Å². The summed E-state index contributed by atoms with van der Waals surface area (Å²) in [6.45, 7) is 5.35. The number of rotatable bonds is 4. The molecule has 5 heteroatoms. The molecule has 0 radical (unpaired) electrons. The fourth-order valence-electron chi connectivity index (χ4n) is 1.55. The maximum absolute atomic E-state index is 11.7. The molecule has 0 aromatic heterocycles. The van der Waals surface area contributed by atoms with Crippen LogP contribution >= 0.6 is 0 Å². The quantitative estimate of drug-likeness (QED) is 0.684. The van der Waals surface area contributed by atoms with Crippen LogP contribution in [0.2, 0.25) is 0 Å². The molecule has 1 N–H and O–H groups in total. The number of hydrogen-bond acceptors (Lipinski definition) is 4. The third kappa shape index (κ3) is 6.61. The number of carbonyl (C=O) groups is 2. The van der Waals surface area contributed by atoms with Gasteiger partial charge in [-0.15, -0.1) is 0 Å². The Morgan fingerprint density at radius 3 is 2.33 bits per heavy atom. The van der Waals surface area contributed by atoms with E-state index in [0.29, 0.717) is 5.57 Å². The Morgan fingerprint density at radius 1 is 1.19 bits per heavy atom. The summed E-state index contributed by atoms with van der Waals surface area (Å²) >= 11 is 0. The SMILES string of the molecule is COC(=O)/C(=C\c1ccccc1)CNC(=O)OC(C)(C)C. The number of ether oxygens (including phenoxy) is 2. The van der Waals surface area contributed by atoms with Gasteiger partial charge < -0.3 is 14.8 Å². The number of nitrogens with one attached hydrogen (secondary N) is 1.